The van der Waals surface area contributed by atoms with Gasteiger partial charge in [-0.05, 0) is 35.9 Å². The van der Waals surface area contributed by atoms with Crippen LogP contribution in [0.4, 0.5) is 5.69 Å². The Morgan fingerprint density at radius 3 is 2.73 bits per heavy atom. The molecule has 2 aromatic rings. The van der Waals surface area contributed by atoms with Crippen LogP contribution < -0.4 is 0 Å². The zero-order chi connectivity index (χ0) is 16.1. The molecule has 0 spiro atoms. The van der Waals surface area contributed by atoms with Crippen molar-refractivity contribution in [3.8, 4) is 6.07 Å². The number of rotatable bonds is 4. The highest BCUT2D eigenvalue weighted by molar-refractivity contribution is 6.32. The lowest BCUT2D eigenvalue weighted by Gasteiger charge is -1.99. The van der Waals surface area contributed by atoms with Gasteiger partial charge in [0.05, 0.1) is 16.6 Å². The topological polar surface area (TPSA) is 84.0 Å². The summed E-state index contributed by atoms with van der Waals surface area (Å²) >= 11 is 5.95. The Labute approximate surface area is 131 Å². The highest BCUT2D eigenvalue weighted by atomic mass is 35.5. The second-order valence-corrected chi connectivity index (χ2v) is 4.76. The fourth-order valence-corrected chi connectivity index (χ4v) is 1.96. The number of nitro groups is 1. The number of allylic oxidation sites excluding steroid dienone is 1. The Hall–Kier alpha value is -2.97. The van der Waals surface area contributed by atoms with Gasteiger partial charge in [0.1, 0.15) is 0 Å². The SMILES string of the molecule is N#Cc1cccc(C(=O)/C=C/c2cc([N+](=O)[O-])ccc2Cl)c1. The van der Waals surface area contributed by atoms with Gasteiger partial charge in [-0.2, -0.15) is 5.26 Å². The van der Waals surface area contributed by atoms with Gasteiger partial charge in [0, 0.05) is 22.7 Å². The van der Waals surface area contributed by atoms with Crippen molar-refractivity contribution in [3.63, 3.8) is 0 Å². The zero-order valence-corrected chi connectivity index (χ0v) is 11.9. The maximum absolute atomic E-state index is 12.0. The molecule has 0 fully saturated rings. The van der Waals surface area contributed by atoms with Crippen LogP contribution in [-0.4, -0.2) is 10.7 Å². The van der Waals surface area contributed by atoms with Gasteiger partial charge in [-0.25, -0.2) is 0 Å². The van der Waals surface area contributed by atoms with E-state index < -0.39 is 4.92 Å². The predicted octanol–water partition coefficient (Wildman–Crippen LogP) is 4.02. The number of carbonyl (C=O) groups excluding carboxylic acids is 1. The summed E-state index contributed by atoms with van der Waals surface area (Å²) in [6.45, 7) is 0. The smallest absolute Gasteiger partial charge is 0.270 e. The average Bonchev–Trinajstić information content (AvgIpc) is 2.53. The van der Waals surface area contributed by atoms with Crippen LogP contribution in [0.1, 0.15) is 21.5 Å². The molecule has 0 saturated carbocycles. The molecule has 0 saturated heterocycles. The first-order chi connectivity index (χ1) is 10.5. The summed E-state index contributed by atoms with van der Waals surface area (Å²) in [5.74, 6) is -0.320. The molecule has 0 aliphatic heterocycles. The number of nitriles is 1. The fraction of sp³-hybridized carbons (Fsp3) is 0. The minimum Gasteiger partial charge on any atom is -0.289 e. The van der Waals surface area contributed by atoms with E-state index in [1.165, 1.54) is 36.4 Å². The van der Waals surface area contributed by atoms with Gasteiger partial charge in [0.25, 0.3) is 5.69 Å². The van der Waals surface area contributed by atoms with Crippen molar-refractivity contribution < 1.29 is 9.72 Å². The molecule has 2 aromatic carbocycles. The summed E-state index contributed by atoms with van der Waals surface area (Å²) in [5, 5.41) is 19.9. The molecule has 0 radical (unpaired) electrons. The third kappa shape index (κ3) is 3.57. The molecule has 108 valence electrons. The molecule has 5 nitrogen and oxygen atoms in total. The fourth-order valence-electron chi connectivity index (χ4n) is 1.78. The maximum Gasteiger partial charge on any atom is 0.270 e. The highest BCUT2D eigenvalue weighted by Crippen LogP contribution is 2.23. The van der Waals surface area contributed by atoms with Crippen molar-refractivity contribution in [2.45, 2.75) is 0 Å². The summed E-state index contributed by atoms with van der Waals surface area (Å²) < 4.78 is 0. The summed E-state index contributed by atoms with van der Waals surface area (Å²) in [5.41, 5.74) is 1.01. The molecule has 0 atom stereocenters. The molecule has 0 bridgehead atoms. The first-order valence-electron chi connectivity index (χ1n) is 6.18. The molecule has 2 rings (SSSR count). The van der Waals surface area contributed by atoms with Crippen molar-refractivity contribution in [2.24, 2.45) is 0 Å². The van der Waals surface area contributed by atoms with Crippen molar-refractivity contribution in [2.75, 3.05) is 0 Å². The Morgan fingerprint density at radius 2 is 2.05 bits per heavy atom. The van der Waals surface area contributed by atoms with Crippen molar-refractivity contribution in [1.29, 1.82) is 5.26 Å². The Morgan fingerprint density at radius 1 is 1.27 bits per heavy atom. The Balaban J connectivity index is 2.28. The van der Waals surface area contributed by atoms with Gasteiger partial charge < -0.3 is 0 Å². The van der Waals surface area contributed by atoms with Gasteiger partial charge in [-0.3, -0.25) is 14.9 Å². The molecular weight excluding hydrogens is 304 g/mol. The number of halogens is 1. The number of benzene rings is 2. The van der Waals surface area contributed by atoms with Gasteiger partial charge >= 0.3 is 0 Å². The lowest BCUT2D eigenvalue weighted by atomic mass is 10.1. The number of hydrogen-bond acceptors (Lipinski definition) is 4. The second kappa shape index (κ2) is 6.66. The third-order valence-corrected chi connectivity index (χ3v) is 3.23. The number of nitrogens with zero attached hydrogens (tertiary/aromatic N) is 2. The summed E-state index contributed by atoms with van der Waals surface area (Å²) in [6.07, 6.45) is 2.68. The van der Waals surface area contributed by atoms with Crippen LogP contribution in [0.25, 0.3) is 6.08 Å². The van der Waals surface area contributed by atoms with E-state index in [0.29, 0.717) is 21.7 Å². The van der Waals surface area contributed by atoms with Crippen LogP contribution in [-0.2, 0) is 0 Å². The molecule has 0 aliphatic carbocycles. The van der Waals surface area contributed by atoms with E-state index in [1.54, 1.807) is 18.2 Å². The van der Waals surface area contributed by atoms with E-state index in [9.17, 15) is 14.9 Å². The standard InChI is InChI=1S/C16H9ClN2O3/c17-15-6-5-14(19(21)22)9-12(15)4-7-16(20)13-3-1-2-11(8-13)10-18/h1-9H/b7-4+. The molecule has 0 unspecified atom stereocenters. The maximum atomic E-state index is 12.0. The van der Waals surface area contributed by atoms with Crippen LogP contribution in [0.5, 0.6) is 0 Å². The lowest BCUT2D eigenvalue weighted by Crippen LogP contribution is -1.95. The summed E-state index contributed by atoms with van der Waals surface area (Å²) in [7, 11) is 0. The molecule has 0 amide bonds. The first kappa shape index (κ1) is 15.4. The van der Waals surface area contributed by atoms with E-state index in [-0.39, 0.29) is 11.5 Å². The van der Waals surface area contributed by atoms with Gasteiger partial charge in [0.15, 0.2) is 5.78 Å². The summed E-state index contributed by atoms with van der Waals surface area (Å²) in [6, 6.07) is 12.2. The average molecular weight is 313 g/mol. The molecule has 6 heteroatoms. The Bertz CT molecular complexity index is 822. The van der Waals surface area contributed by atoms with E-state index in [0.717, 1.165) is 0 Å². The van der Waals surface area contributed by atoms with Gasteiger partial charge in [-0.1, -0.05) is 23.7 Å². The normalized spacial score (nSPS) is 10.4. The minimum absolute atomic E-state index is 0.108. The highest BCUT2D eigenvalue weighted by Gasteiger charge is 2.09. The minimum atomic E-state index is -0.536. The lowest BCUT2D eigenvalue weighted by molar-refractivity contribution is -0.384. The van der Waals surface area contributed by atoms with Crippen LogP contribution in [0.3, 0.4) is 0 Å². The molecule has 0 heterocycles. The van der Waals surface area contributed by atoms with E-state index in [2.05, 4.69) is 0 Å². The van der Waals surface area contributed by atoms with Crippen molar-refractivity contribution in [1.82, 2.24) is 0 Å². The monoisotopic (exact) mass is 312 g/mol. The van der Waals surface area contributed by atoms with E-state index in [1.807, 2.05) is 6.07 Å². The number of ketones is 1. The van der Waals surface area contributed by atoms with Crippen LogP contribution in [0.2, 0.25) is 5.02 Å². The molecule has 22 heavy (non-hydrogen) atoms. The van der Waals surface area contributed by atoms with Crippen LogP contribution in [0.15, 0.2) is 48.5 Å². The van der Waals surface area contributed by atoms with Gasteiger partial charge in [-0.15, -0.1) is 0 Å². The first-order valence-corrected chi connectivity index (χ1v) is 6.55. The molecule has 0 aliphatic rings. The molecular formula is C16H9ClN2O3. The van der Waals surface area contributed by atoms with Crippen LogP contribution in [0, 0.1) is 21.4 Å². The number of carbonyl (C=O) groups is 1. The third-order valence-electron chi connectivity index (χ3n) is 2.88. The molecule has 0 aromatic heterocycles. The van der Waals surface area contributed by atoms with Gasteiger partial charge in [0.2, 0.25) is 0 Å². The Kier molecular flexibility index (Phi) is 4.66. The van der Waals surface area contributed by atoms with Crippen molar-refractivity contribution >= 4 is 29.1 Å². The predicted molar refractivity (Wildman–Crippen MR) is 82.6 cm³/mol. The quantitative estimate of drug-likeness (QED) is 0.369. The summed E-state index contributed by atoms with van der Waals surface area (Å²) in [4.78, 5) is 22.2. The number of nitro benzene ring substituents is 1. The van der Waals surface area contributed by atoms with E-state index >= 15 is 0 Å². The second-order valence-electron chi connectivity index (χ2n) is 4.35. The van der Waals surface area contributed by atoms with E-state index in [4.69, 9.17) is 16.9 Å². The molecule has 0 N–H and O–H groups in total. The zero-order valence-electron chi connectivity index (χ0n) is 11.2. The van der Waals surface area contributed by atoms with Crippen LogP contribution >= 0.6 is 11.6 Å². The number of non-ortho nitro benzene ring substituents is 1. The van der Waals surface area contributed by atoms with Crippen molar-refractivity contribution in [3.05, 3.63) is 80.4 Å². The largest absolute Gasteiger partial charge is 0.289 e. The number of hydrogen-bond donors (Lipinski definition) is 0.